The van der Waals surface area contributed by atoms with Crippen molar-refractivity contribution in [3.63, 3.8) is 0 Å². The monoisotopic (exact) mass is 235 g/mol. The van der Waals surface area contributed by atoms with Gasteiger partial charge in [-0.15, -0.1) is 0 Å². The first-order valence-corrected chi connectivity index (χ1v) is 6.52. The highest BCUT2D eigenvalue weighted by atomic mass is 16.1. The van der Waals surface area contributed by atoms with E-state index >= 15 is 0 Å². The van der Waals surface area contributed by atoms with Gasteiger partial charge in [-0.05, 0) is 32.1 Å². The number of hydrogen-bond donors (Lipinski definition) is 1. The third kappa shape index (κ3) is 3.08. The van der Waals surface area contributed by atoms with Crippen molar-refractivity contribution in [3.8, 4) is 0 Å². The molecular formula is C13H21N3O. The van der Waals surface area contributed by atoms with Crippen LogP contribution in [0.2, 0.25) is 0 Å². The summed E-state index contributed by atoms with van der Waals surface area (Å²) in [7, 11) is 0. The van der Waals surface area contributed by atoms with Crippen LogP contribution in [0.1, 0.15) is 38.4 Å². The highest BCUT2D eigenvalue weighted by Gasteiger charge is 2.17. The van der Waals surface area contributed by atoms with Crippen LogP contribution in [-0.2, 0) is 0 Å². The molecule has 1 N–H and O–H groups in total. The SMILES string of the molecule is CCC1CCCN(c2cc(=O)[nH]c(C)n2)CC1. The van der Waals surface area contributed by atoms with E-state index in [2.05, 4.69) is 21.8 Å². The Hall–Kier alpha value is -1.32. The first kappa shape index (κ1) is 12.1. The molecule has 1 aliphatic rings. The van der Waals surface area contributed by atoms with Crippen LogP contribution >= 0.6 is 0 Å². The molecule has 0 spiro atoms. The molecule has 1 aliphatic heterocycles. The molecule has 0 bridgehead atoms. The molecule has 0 aliphatic carbocycles. The van der Waals surface area contributed by atoms with Crippen LogP contribution in [0.15, 0.2) is 10.9 Å². The quantitative estimate of drug-likeness (QED) is 0.854. The lowest BCUT2D eigenvalue weighted by atomic mass is 9.98. The van der Waals surface area contributed by atoms with Gasteiger partial charge in [-0.2, -0.15) is 0 Å². The maximum Gasteiger partial charge on any atom is 0.252 e. The second kappa shape index (κ2) is 5.34. The Kier molecular flexibility index (Phi) is 3.82. The van der Waals surface area contributed by atoms with E-state index in [4.69, 9.17) is 0 Å². The van der Waals surface area contributed by atoms with Crippen molar-refractivity contribution in [1.82, 2.24) is 9.97 Å². The number of aromatic amines is 1. The van der Waals surface area contributed by atoms with Crippen molar-refractivity contribution in [3.05, 3.63) is 22.2 Å². The second-order valence-corrected chi connectivity index (χ2v) is 4.88. The summed E-state index contributed by atoms with van der Waals surface area (Å²) in [6, 6.07) is 1.61. The Labute approximate surface area is 102 Å². The summed E-state index contributed by atoms with van der Waals surface area (Å²) in [4.78, 5) is 20.8. The predicted molar refractivity (Wildman–Crippen MR) is 69.4 cm³/mol. The molecule has 4 nitrogen and oxygen atoms in total. The Morgan fingerprint density at radius 1 is 1.47 bits per heavy atom. The molecule has 1 unspecified atom stereocenters. The van der Waals surface area contributed by atoms with Crippen molar-refractivity contribution in [1.29, 1.82) is 0 Å². The molecule has 1 fully saturated rings. The van der Waals surface area contributed by atoms with Crippen molar-refractivity contribution < 1.29 is 0 Å². The van der Waals surface area contributed by atoms with E-state index in [1.54, 1.807) is 6.07 Å². The lowest BCUT2D eigenvalue weighted by Gasteiger charge is -2.21. The lowest BCUT2D eigenvalue weighted by molar-refractivity contribution is 0.459. The molecule has 4 heteroatoms. The fourth-order valence-corrected chi connectivity index (χ4v) is 2.53. The highest BCUT2D eigenvalue weighted by molar-refractivity contribution is 5.37. The van der Waals surface area contributed by atoms with Gasteiger partial charge in [-0.25, -0.2) is 4.98 Å². The summed E-state index contributed by atoms with van der Waals surface area (Å²) in [5, 5.41) is 0. The molecule has 2 heterocycles. The molecular weight excluding hydrogens is 214 g/mol. The zero-order valence-corrected chi connectivity index (χ0v) is 10.7. The number of nitrogens with zero attached hydrogens (tertiary/aromatic N) is 2. The van der Waals surface area contributed by atoms with Gasteiger partial charge < -0.3 is 9.88 Å². The van der Waals surface area contributed by atoms with Crippen LogP contribution in [0.3, 0.4) is 0 Å². The fraction of sp³-hybridized carbons (Fsp3) is 0.692. The van der Waals surface area contributed by atoms with Gasteiger partial charge >= 0.3 is 0 Å². The van der Waals surface area contributed by atoms with E-state index in [1.807, 2.05) is 6.92 Å². The van der Waals surface area contributed by atoms with Gasteiger partial charge in [-0.3, -0.25) is 4.79 Å². The van der Waals surface area contributed by atoms with Crippen LogP contribution in [0.5, 0.6) is 0 Å². The molecule has 0 saturated carbocycles. The van der Waals surface area contributed by atoms with E-state index < -0.39 is 0 Å². The second-order valence-electron chi connectivity index (χ2n) is 4.88. The van der Waals surface area contributed by atoms with Gasteiger partial charge in [0.2, 0.25) is 0 Å². The summed E-state index contributed by atoms with van der Waals surface area (Å²) >= 11 is 0. The number of hydrogen-bond acceptors (Lipinski definition) is 3. The fourth-order valence-electron chi connectivity index (χ4n) is 2.53. The Bertz CT molecular complexity index is 427. The third-order valence-corrected chi connectivity index (χ3v) is 3.60. The molecule has 0 aromatic carbocycles. The molecule has 0 radical (unpaired) electrons. The number of nitrogens with one attached hydrogen (secondary N) is 1. The van der Waals surface area contributed by atoms with Gasteiger partial charge in [0.25, 0.3) is 5.56 Å². The van der Waals surface area contributed by atoms with E-state index in [9.17, 15) is 4.79 Å². The number of rotatable bonds is 2. The smallest absolute Gasteiger partial charge is 0.252 e. The summed E-state index contributed by atoms with van der Waals surface area (Å²) in [5.74, 6) is 2.37. The van der Waals surface area contributed by atoms with Crippen molar-refractivity contribution >= 4 is 5.82 Å². The number of aryl methyl sites for hydroxylation is 1. The molecule has 1 atom stereocenters. The van der Waals surface area contributed by atoms with Crippen molar-refractivity contribution in [2.75, 3.05) is 18.0 Å². The Morgan fingerprint density at radius 3 is 3.00 bits per heavy atom. The van der Waals surface area contributed by atoms with Crippen LogP contribution in [0.25, 0.3) is 0 Å². The number of anilines is 1. The average molecular weight is 235 g/mol. The molecule has 94 valence electrons. The molecule has 1 saturated heterocycles. The Balaban J connectivity index is 2.14. The minimum Gasteiger partial charge on any atom is -0.356 e. The van der Waals surface area contributed by atoms with Gasteiger partial charge in [0, 0.05) is 19.2 Å². The maximum atomic E-state index is 11.4. The van der Waals surface area contributed by atoms with Crippen LogP contribution in [0, 0.1) is 12.8 Å². The molecule has 1 aromatic rings. The van der Waals surface area contributed by atoms with E-state index in [0.29, 0.717) is 5.82 Å². The average Bonchev–Trinajstić information content (AvgIpc) is 2.52. The summed E-state index contributed by atoms with van der Waals surface area (Å²) in [6.07, 6.45) is 4.97. The minimum absolute atomic E-state index is 0.0520. The minimum atomic E-state index is -0.0520. The van der Waals surface area contributed by atoms with Crippen LogP contribution in [-0.4, -0.2) is 23.1 Å². The summed E-state index contributed by atoms with van der Waals surface area (Å²) < 4.78 is 0. The largest absolute Gasteiger partial charge is 0.356 e. The summed E-state index contributed by atoms with van der Waals surface area (Å²) in [6.45, 7) is 6.13. The topological polar surface area (TPSA) is 49.0 Å². The van der Waals surface area contributed by atoms with E-state index in [1.165, 1.54) is 25.7 Å². The van der Waals surface area contributed by atoms with Crippen LogP contribution in [0.4, 0.5) is 5.82 Å². The summed E-state index contributed by atoms with van der Waals surface area (Å²) in [5.41, 5.74) is -0.0520. The number of H-pyrrole nitrogens is 1. The number of aromatic nitrogens is 2. The van der Waals surface area contributed by atoms with Crippen LogP contribution < -0.4 is 10.5 Å². The lowest BCUT2D eigenvalue weighted by Crippen LogP contribution is -2.27. The van der Waals surface area contributed by atoms with Crippen molar-refractivity contribution in [2.24, 2.45) is 5.92 Å². The van der Waals surface area contributed by atoms with Gasteiger partial charge in [0.1, 0.15) is 11.6 Å². The third-order valence-electron chi connectivity index (χ3n) is 3.60. The molecule has 2 rings (SSSR count). The van der Waals surface area contributed by atoms with Gasteiger partial charge in [0.15, 0.2) is 0 Å². The zero-order valence-electron chi connectivity index (χ0n) is 10.7. The predicted octanol–water partition coefficient (Wildman–Crippen LogP) is 2.09. The van der Waals surface area contributed by atoms with E-state index in [0.717, 1.165) is 24.8 Å². The standard InChI is InChI=1S/C13H21N3O/c1-3-11-5-4-7-16(8-6-11)12-9-13(17)15-10(2)14-12/h9,11H,3-8H2,1-2H3,(H,14,15,17). The highest BCUT2D eigenvalue weighted by Crippen LogP contribution is 2.22. The maximum absolute atomic E-state index is 11.4. The van der Waals surface area contributed by atoms with Gasteiger partial charge in [-0.1, -0.05) is 13.3 Å². The molecule has 0 amide bonds. The van der Waals surface area contributed by atoms with Crippen molar-refractivity contribution in [2.45, 2.75) is 39.5 Å². The normalized spacial score (nSPS) is 21.3. The Morgan fingerprint density at radius 2 is 2.29 bits per heavy atom. The molecule has 1 aromatic heterocycles. The molecule has 17 heavy (non-hydrogen) atoms. The van der Waals surface area contributed by atoms with E-state index in [-0.39, 0.29) is 5.56 Å². The first-order chi connectivity index (χ1) is 8.19. The van der Waals surface area contributed by atoms with Gasteiger partial charge in [0.05, 0.1) is 0 Å². The first-order valence-electron chi connectivity index (χ1n) is 6.52. The zero-order chi connectivity index (χ0) is 12.3.